The van der Waals surface area contributed by atoms with Crippen molar-refractivity contribution < 1.29 is 9.90 Å². The lowest BCUT2D eigenvalue weighted by Crippen LogP contribution is -2.21. The average Bonchev–Trinajstić information content (AvgIpc) is 2.94. The first-order chi connectivity index (χ1) is 10.1. The van der Waals surface area contributed by atoms with E-state index in [9.17, 15) is 9.90 Å². The van der Waals surface area contributed by atoms with E-state index in [0.717, 1.165) is 19.3 Å². The molecule has 21 heavy (non-hydrogen) atoms. The third kappa shape index (κ3) is 4.16. The van der Waals surface area contributed by atoms with Crippen LogP contribution in [0, 0.1) is 0 Å². The molecule has 112 valence electrons. The number of aliphatic hydroxyl groups excluding tert-OH is 1. The third-order valence-electron chi connectivity index (χ3n) is 3.60. The van der Waals surface area contributed by atoms with Gasteiger partial charge >= 0.3 is 0 Å². The van der Waals surface area contributed by atoms with Crippen molar-refractivity contribution in [1.82, 2.24) is 9.55 Å². The van der Waals surface area contributed by atoms with E-state index >= 15 is 0 Å². The highest BCUT2D eigenvalue weighted by atomic mass is 16.3. The second kappa shape index (κ2) is 7.04. The number of amides is 1. The van der Waals surface area contributed by atoms with Crippen LogP contribution in [-0.4, -0.2) is 26.7 Å². The highest BCUT2D eigenvalue weighted by molar-refractivity contribution is 5.90. The molecule has 0 aliphatic carbocycles. The highest BCUT2D eigenvalue weighted by Gasteiger charge is 2.18. The zero-order valence-corrected chi connectivity index (χ0v) is 12.1. The summed E-state index contributed by atoms with van der Waals surface area (Å²) < 4.78 is 1.77. The molecule has 0 saturated carbocycles. The number of hydrogen-bond donors (Lipinski definition) is 2. The number of rotatable bonds is 7. The van der Waals surface area contributed by atoms with E-state index in [-0.39, 0.29) is 11.7 Å². The van der Waals surface area contributed by atoms with Gasteiger partial charge in [-0.25, -0.2) is 4.98 Å². The van der Waals surface area contributed by atoms with Crippen molar-refractivity contribution in [1.29, 1.82) is 0 Å². The van der Waals surface area contributed by atoms with Crippen molar-refractivity contribution in [3.8, 4) is 0 Å². The molecule has 5 nitrogen and oxygen atoms in total. The summed E-state index contributed by atoms with van der Waals surface area (Å²) in [7, 11) is 0. The normalized spacial score (nSPS) is 13.8. The zero-order chi connectivity index (χ0) is 15.2. The number of carbonyl (C=O) groups excluding carboxylic acids is 1. The monoisotopic (exact) mass is 287 g/mol. The molecule has 0 bridgehead atoms. The molecule has 2 unspecified atom stereocenters. The molecular formula is C16H21N3O2. The van der Waals surface area contributed by atoms with Crippen LogP contribution in [0.3, 0.4) is 0 Å². The summed E-state index contributed by atoms with van der Waals surface area (Å²) in [5.74, 6) is -0.553. The Labute approximate surface area is 124 Å². The second-order valence-corrected chi connectivity index (χ2v) is 5.26. The van der Waals surface area contributed by atoms with E-state index in [0.29, 0.717) is 0 Å². The van der Waals surface area contributed by atoms with Gasteiger partial charge in [-0.1, -0.05) is 30.3 Å². The Morgan fingerprint density at radius 2 is 2.10 bits per heavy atom. The van der Waals surface area contributed by atoms with Gasteiger partial charge in [0.2, 0.25) is 0 Å². The van der Waals surface area contributed by atoms with Crippen LogP contribution in [0.2, 0.25) is 0 Å². The Kier molecular flexibility index (Phi) is 5.11. The van der Waals surface area contributed by atoms with Gasteiger partial charge in [0.05, 0.1) is 18.5 Å². The van der Waals surface area contributed by atoms with Crippen LogP contribution < -0.4 is 5.73 Å². The van der Waals surface area contributed by atoms with E-state index in [1.807, 2.05) is 18.2 Å². The Hall–Kier alpha value is -2.14. The van der Waals surface area contributed by atoms with Crippen LogP contribution in [0.1, 0.15) is 41.9 Å². The molecule has 1 heterocycles. The van der Waals surface area contributed by atoms with Crippen LogP contribution in [0.5, 0.6) is 0 Å². The third-order valence-corrected chi connectivity index (χ3v) is 3.60. The maximum Gasteiger partial charge on any atom is 0.268 e. The fourth-order valence-corrected chi connectivity index (χ4v) is 2.44. The number of primary amides is 1. The zero-order valence-electron chi connectivity index (χ0n) is 12.1. The van der Waals surface area contributed by atoms with Crippen molar-refractivity contribution in [2.45, 2.75) is 38.3 Å². The Balaban J connectivity index is 1.97. The van der Waals surface area contributed by atoms with Gasteiger partial charge in [0.1, 0.15) is 5.69 Å². The minimum absolute atomic E-state index is 0.102. The van der Waals surface area contributed by atoms with E-state index in [1.54, 1.807) is 24.0 Å². The van der Waals surface area contributed by atoms with E-state index in [2.05, 4.69) is 17.1 Å². The number of nitrogens with zero attached hydrogens (tertiary/aromatic N) is 2. The van der Waals surface area contributed by atoms with Gasteiger partial charge in [-0.3, -0.25) is 4.79 Å². The predicted molar refractivity (Wildman–Crippen MR) is 80.8 cm³/mol. The molecule has 1 amide bonds. The Morgan fingerprint density at radius 3 is 2.67 bits per heavy atom. The summed E-state index contributed by atoms with van der Waals surface area (Å²) in [6, 6.07) is 10.1. The van der Waals surface area contributed by atoms with Gasteiger partial charge in [0.25, 0.3) is 5.91 Å². The molecular weight excluding hydrogens is 266 g/mol. The SMILES string of the molecule is CC(O)C(CCCc1ccccc1)n1cnc(C(N)=O)c1. The number of imidazole rings is 1. The molecule has 0 aliphatic rings. The quantitative estimate of drug-likeness (QED) is 0.816. The number of aryl methyl sites for hydroxylation is 1. The minimum Gasteiger partial charge on any atom is -0.391 e. The molecule has 5 heteroatoms. The van der Waals surface area contributed by atoms with Gasteiger partial charge in [0, 0.05) is 6.20 Å². The van der Waals surface area contributed by atoms with Crippen LogP contribution in [-0.2, 0) is 6.42 Å². The van der Waals surface area contributed by atoms with Crippen molar-refractivity contribution in [3.63, 3.8) is 0 Å². The fraction of sp³-hybridized carbons (Fsp3) is 0.375. The molecule has 0 fully saturated rings. The summed E-state index contributed by atoms with van der Waals surface area (Å²) in [6.45, 7) is 1.75. The fourth-order valence-electron chi connectivity index (χ4n) is 2.44. The summed E-state index contributed by atoms with van der Waals surface area (Å²) in [6.07, 6.45) is 5.35. The molecule has 1 aromatic carbocycles. The predicted octanol–water partition coefficient (Wildman–Crippen LogP) is 1.93. The minimum atomic E-state index is -0.553. The smallest absolute Gasteiger partial charge is 0.268 e. The van der Waals surface area contributed by atoms with Gasteiger partial charge in [0.15, 0.2) is 0 Å². The largest absolute Gasteiger partial charge is 0.391 e. The van der Waals surface area contributed by atoms with Crippen molar-refractivity contribution in [2.24, 2.45) is 5.73 Å². The number of nitrogens with two attached hydrogens (primary N) is 1. The van der Waals surface area contributed by atoms with Crippen LogP contribution in [0.4, 0.5) is 0 Å². The summed E-state index contributed by atoms with van der Waals surface area (Å²) in [5, 5.41) is 9.95. The number of benzene rings is 1. The van der Waals surface area contributed by atoms with Gasteiger partial charge in [-0.2, -0.15) is 0 Å². The maximum atomic E-state index is 11.1. The van der Waals surface area contributed by atoms with Crippen molar-refractivity contribution in [2.75, 3.05) is 0 Å². The van der Waals surface area contributed by atoms with Gasteiger partial charge in [-0.15, -0.1) is 0 Å². The topological polar surface area (TPSA) is 81.1 Å². The molecule has 2 rings (SSSR count). The summed E-state index contributed by atoms with van der Waals surface area (Å²) in [4.78, 5) is 15.1. The standard InChI is InChI=1S/C16H21N3O2/c1-12(20)15(19-10-14(16(17)21)18-11-19)9-5-8-13-6-3-2-4-7-13/h2-4,6-7,10-12,15,20H,5,8-9H2,1H3,(H2,17,21). The lowest BCUT2D eigenvalue weighted by molar-refractivity contribution is 0.0994. The Bertz CT molecular complexity index is 578. The lowest BCUT2D eigenvalue weighted by Gasteiger charge is -2.21. The Morgan fingerprint density at radius 1 is 1.38 bits per heavy atom. The maximum absolute atomic E-state index is 11.1. The van der Waals surface area contributed by atoms with Crippen LogP contribution in [0.25, 0.3) is 0 Å². The van der Waals surface area contributed by atoms with Crippen LogP contribution in [0.15, 0.2) is 42.9 Å². The molecule has 2 atom stereocenters. The molecule has 1 aromatic heterocycles. The summed E-state index contributed by atoms with van der Waals surface area (Å²) >= 11 is 0. The second-order valence-electron chi connectivity index (χ2n) is 5.26. The van der Waals surface area contributed by atoms with Crippen molar-refractivity contribution >= 4 is 5.91 Å². The first kappa shape index (κ1) is 15.3. The van der Waals surface area contributed by atoms with Crippen molar-refractivity contribution in [3.05, 3.63) is 54.1 Å². The van der Waals surface area contributed by atoms with Gasteiger partial charge < -0.3 is 15.4 Å². The molecule has 2 aromatic rings. The summed E-state index contributed by atoms with van der Waals surface area (Å²) in [5.41, 5.74) is 6.71. The molecule has 0 saturated heterocycles. The van der Waals surface area contributed by atoms with E-state index < -0.39 is 12.0 Å². The number of carbonyl (C=O) groups is 1. The highest BCUT2D eigenvalue weighted by Crippen LogP contribution is 2.20. The average molecular weight is 287 g/mol. The number of aliphatic hydroxyl groups is 1. The molecule has 0 radical (unpaired) electrons. The first-order valence-corrected chi connectivity index (χ1v) is 7.13. The van der Waals surface area contributed by atoms with E-state index in [4.69, 9.17) is 5.73 Å². The van der Waals surface area contributed by atoms with Crippen LogP contribution >= 0.6 is 0 Å². The molecule has 0 aliphatic heterocycles. The number of aromatic nitrogens is 2. The first-order valence-electron chi connectivity index (χ1n) is 7.13. The lowest BCUT2D eigenvalue weighted by atomic mass is 10.0. The molecule has 3 N–H and O–H groups in total. The van der Waals surface area contributed by atoms with E-state index in [1.165, 1.54) is 5.56 Å². The number of hydrogen-bond acceptors (Lipinski definition) is 3. The van der Waals surface area contributed by atoms with Gasteiger partial charge in [-0.05, 0) is 31.7 Å². The molecule has 0 spiro atoms.